The number of aryl methyl sites for hydroxylation is 1. The Kier molecular flexibility index (Phi) is 5.52. The lowest BCUT2D eigenvalue weighted by Crippen LogP contribution is -2.46. The Morgan fingerprint density at radius 1 is 1.35 bits per heavy atom. The maximum absolute atomic E-state index is 12.2. The lowest BCUT2D eigenvalue weighted by Gasteiger charge is -2.31. The summed E-state index contributed by atoms with van der Waals surface area (Å²) in [6.07, 6.45) is 5.16. The molecule has 1 aliphatic heterocycles. The standard InChI is InChI=1S/C18H22N4O4/c1-22-11-14(10-20-22)16-15(3-2-8-26-16)21-18(25)19-9-12-4-6-13(7-5-12)17(23)24/h4-7,10-11,15-16H,2-3,8-9H2,1H3,(H,23,24)(H2,19,21,25)/t15-,16+/m0/s1. The fourth-order valence-electron chi connectivity index (χ4n) is 3.01. The molecule has 2 amide bonds. The van der Waals surface area contributed by atoms with Gasteiger partial charge in [0.05, 0.1) is 17.8 Å². The van der Waals surface area contributed by atoms with E-state index in [4.69, 9.17) is 9.84 Å². The molecule has 3 rings (SSSR count). The first kappa shape index (κ1) is 17.9. The predicted octanol–water partition coefficient (Wildman–Crippen LogP) is 1.84. The molecule has 1 aliphatic rings. The van der Waals surface area contributed by atoms with E-state index in [2.05, 4.69) is 15.7 Å². The van der Waals surface area contributed by atoms with Crippen molar-refractivity contribution in [2.24, 2.45) is 7.05 Å². The van der Waals surface area contributed by atoms with Gasteiger partial charge in [-0.3, -0.25) is 4.68 Å². The molecule has 2 heterocycles. The molecule has 1 saturated heterocycles. The number of carbonyl (C=O) groups excluding carboxylic acids is 1. The van der Waals surface area contributed by atoms with Gasteiger partial charge in [0, 0.05) is 32.0 Å². The molecule has 0 radical (unpaired) electrons. The molecule has 2 aromatic rings. The van der Waals surface area contributed by atoms with E-state index in [1.165, 1.54) is 12.1 Å². The number of nitrogens with one attached hydrogen (secondary N) is 2. The van der Waals surface area contributed by atoms with Crippen LogP contribution in [-0.4, -0.2) is 39.5 Å². The Morgan fingerprint density at radius 2 is 2.12 bits per heavy atom. The Morgan fingerprint density at radius 3 is 2.77 bits per heavy atom. The van der Waals surface area contributed by atoms with E-state index in [0.717, 1.165) is 24.0 Å². The molecule has 8 heteroatoms. The second kappa shape index (κ2) is 8.01. The molecule has 0 aliphatic carbocycles. The third kappa shape index (κ3) is 4.40. The van der Waals surface area contributed by atoms with E-state index >= 15 is 0 Å². The SMILES string of the molecule is Cn1cc([C@H]2OCCC[C@@H]2NC(=O)NCc2ccc(C(=O)O)cc2)cn1. The molecule has 138 valence electrons. The van der Waals surface area contributed by atoms with Gasteiger partial charge in [0.2, 0.25) is 0 Å². The zero-order valence-electron chi connectivity index (χ0n) is 14.5. The van der Waals surface area contributed by atoms with Crippen LogP contribution in [0, 0.1) is 0 Å². The first-order valence-corrected chi connectivity index (χ1v) is 8.49. The van der Waals surface area contributed by atoms with E-state index in [1.54, 1.807) is 23.0 Å². The van der Waals surface area contributed by atoms with Crippen LogP contribution in [-0.2, 0) is 18.3 Å². The number of benzene rings is 1. The molecule has 26 heavy (non-hydrogen) atoms. The van der Waals surface area contributed by atoms with Crippen molar-refractivity contribution in [3.8, 4) is 0 Å². The normalized spacial score (nSPS) is 19.7. The number of hydrogen-bond donors (Lipinski definition) is 3. The predicted molar refractivity (Wildman–Crippen MR) is 93.7 cm³/mol. The minimum atomic E-state index is -0.971. The molecule has 1 aromatic heterocycles. The number of aromatic carboxylic acids is 1. The third-order valence-corrected chi connectivity index (χ3v) is 4.35. The molecule has 0 unspecified atom stereocenters. The van der Waals surface area contributed by atoms with Crippen LogP contribution in [0.25, 0.3) is 0 Å². The number of nitrogens with zero attached hydrogens (tertiary/aromatic N) is 2. The van der Waals surface area contributed by atoms with Gasteiger partial charge in [0.15, 0.2) is 0 Å². The molecule has 8 nitrogen and oxygen atoms in total. The van der Waals surface area contributed by atoms with Gasteiger partial charge >= 0.3 is 12.0 Å². The highest BCUT2D eigenvalue weighted by molar-refractivity contribution is 5.87. The number of hydrogen-bond acceptors (Lipinski definition) is 4. The van der Waals surface area contributed by atoms with E-state index in [0.29, 0.717) is 13.2 Å². The van der Waals surface area contributed by atoms with Gasteiger partial charge in [0.25, 0.3) is 0 Å². The zero-order valence-corrected chi connectivity index (χ0v) is 14.5. The van der Waals surface area contributed by atoms with Crippen molar-refractivity contribution < 1.29 is 19.4 Å². The van der Waals surface area contributed by atoms with Crippen molar-refractivity contribution in [3.05, 3.63) is 53.3 Å². The highest BCUT2D eigenvalue weighted by atomic mass is 16.5. The lowest BCUT2D eigenvalue weighted by atomic mass is 9.98. The zero-order chi connectivity index (χ0) is 18.5. The maximum Gasteiger partial charge on any atom is 0.335 e. The fourth-order valence-corrected chi connectivity index (χ4v) is 3.01. The molecule has 1 fully saturated rings. The highest BCUT2D eigenvalue weighted by Gasteiger charge is 2.29. The van der Waals surface area contributed by atoms with Crippen LogP contribution < -0.4 is 10.6 Å². The monoisotopic (exact) mass is 358 g/mol. The molecule has 0 bridgehead atoms. The summed E-state index contributed by atoms with van der Waals surface area (Å²) in [7, 11) is 1.84. The smallest absolute Gasteiger partial charge is 0.335 e. The van der Waals surface area contributed by atoms with Crippen molar-refractivity contribution in [1.82, 2.24) is 20.4 Å². The lowest BCUT2D eigenvalue weighted by molar-refractivity contribution is -0.00746. The number of ether oxygens (including phenoxy) is 1. The maximum atomic E-state index is 12.2. The molecular formula is C18H22N4O4. The summed E-state index contributed by atoms with van der Waals surface area (Å²) in [6.45, 7) is 0.978. The Hall–Kier alpha value is -2.87. The van der Waals surface area contributed by atoms with Gasteiger partial charge < -0.3 is 20.5 Å². The number of aromatic nitrogens is 2. The van der Waals surface area contributed by atoms with E-state index in [9.17, 15) is 9.59 Å². The summed E-state index contributed by atoms with van der Waals surface area (Å²) in [5.41, 5.74) is 1.99. The summed E-state index contributed by atoms with van der Waals surface area (Å²) in [5, 5.41) is 18.8. The van der Waals surface area contributed by atoms with Crippen LogP contribution in [0.15, 0.2) is 36.7 Å². The average Bonchev–Trinajstić information content (AvgIpc) is 3.07. The molecular weight excluding hydrogens is 336 g/mol. The second-order valence-electron chi connectivity index (χ2n) is 6.32. The quantitative estimate of drug-likeness (QED) is 0.756. The first-order valence-electron chi connectivity index (χ1n) is 8.49. The summed E-state index contributed by atoms with van der Waals surface area (Å²) in [5.74, 6) is -0.971. The molecule has 0 saturated carbocycles. The third-order valence-electron chi connectivity index (χ3n) is 4.35. The van der Waals surface area contributed by atoms with Crippen molar-refractivity contribution in [2.75, 3.05) is 6.61 Å². The van der Waals surface area contributed by atoms with Gasteiger partial charge in [-0.15, -0.1) is 0 Å². The number of amides is 2. The second-order valence-corrected chi connectivity index (χ2v) is 6.32. The fraction of sp³-hybridized carbons (Fsp3) is 0.389. The van der Waals surface area contributed by atoms with Crippen LogP contribution in [0.2, 0.25) is 0 Å². The van der Waals surface area contributed by atoms with Crippen molar-refractivity contribution >= 4 is 12.0 Å². The number of urea groups is 1. The van der Waals surface area contributed by atoms with Crippen LogP contribution in [0.5, 0.6) is 0 Å². The Labute approximate surface area is 151 Å². The number of carboxylic acid groups (broad SMARTS) is 1. The topological polar surface area (TPSA) is 105 Å². The minimum Gasteiger partial charge on any atom is -0.478 e. The summed E-state index contributed by atoms with van der Waals surface area (Å²) < 4.78 is 7.55. The van der Waals surface area contributed by atoms with Crippen LogP contribution >= 0.6 is 0 Å². The van der Waals surface area contributed by atoms with Gasteiger partial charge in [-0.05, 0) is 30.5 Å². The summed E-state index contributed by atoms with van der Waals surface area (Å²) in [4.78, 5) is 23.1. The number of carbonyl (C=O) groups is 2. The molecule has 2 atom stereocenters. The Bertz CT molecular complexity index is 772. The van der Waals surface area contributed by atoms with Crippen LogP contribution in [0.3, 0.4) is 0 Å². The number of rotatable bonds is 5. The van der Waals surface area contributed by atoms with Crippen LogP contribution in [0.4, 0.5) is 4.79 Å². The largest absolute Gasteiger partial charge is 0.478 e. The van der Waals surface area contributed by atoms with Gasteiger partial charge in [-0.2, -0.15) is 5.10 Å². The highest BCUT2D eigenvalue weighted by Crippen LogP contribution is 2.28. The molecule has 3 N–H and O–H groups in total. The van der Waals surface area contributed by atoms with Gasteiger partial charge in [-0.1, -0.05) is 12.1 Å². The number of carboxylic acids is 1. The minimum absolute atomic E-state index is 0.123. The van der Waals surface area contributed by atoms with Gasteiger partial charge in [-0.25, -0.2) is 9.59 Å². The summed E-state index contributed by atoms with van der Waals surface area (Å²) in [6, 6.07) is 6.01. The van der Waals surface area contributed by atoms with Crippen molar-refractivity contribution in [2.45, 2.75) is 31.5 Å². The summed E-state index contributed by atoms with van der Waals surface area (Å²) >= 11 is 0. The van der Waals surface area contributed by atoms with Crippen molar-refractivity contribution in [3.63, 3.8) is 0 Å². The van der Waals surface area contributed by atoms with E-state index in [1.807, 2.05) is 13.2 Å². The van der Waals surface area contributed by atoms with E-state index in [-0.39, 0.29) is 23.7 Å². The average molecular weight is 358 g/mol. The van der Waals surface area contributed by atoms with E-state index < -0.39 is 5.97 Å². The first-order chi connectivity index (χ1) is 12.5. The Balaban J connectivity index is 1.55. The van der Waals surface area contributed by atoms with Gasteiger partial charge in [0.1, 0.15) is 6.10 Å². The van der Waals surface area contributed by atoms with Crippen LogP contribution in [0.1, 0.15) is 40.4 Å². The molecule has 1 aromatic carbocycles. The van der Waals surface area contributed by atoms with Crippen molar-refractivity contribution in [1.29, 1.82) is 0 Å². The molecule has 0 spiro atoms.